The van der Waals surface area contributed by atoms with Crippen LogP contribution in [0.1, 0.15) is 10.4 Å². The van der Waals surface area contributed by atoms with Crippen molar-refractivity contribution in [1.29, 1.82) is 0 Å². The van der Waals surface area contributed by atoms with Crippen LogP contribution in [0.5, 0.6) is 5.75 Å². The molecule has 19 heavy (non-hydrogen) atoms. The maximum atomic E-state index is 10.6. The van der Waals surface area contributed by atoms with Crippen LogP contribution in [-0.2, 0) is 13.1 Å². The minimum Gasteiger partial charge on any atom is -0.496 e. The Morgan fingerprint density at radius 2 is 2.05 bits per heavy atom. The van der Waals surface area contributed by atoms with Gasteiger partial charge in [-0.05, 0) is 12.1 Å². The van der Waals surface area contributed by atoms with Crippen LogP contribution in [0.2, 0.25) is 0 Å². The number of thiophene rings is 1. The second-order valence-electron chi connectivity index (χ2n) is 3.91. The molecular weight excluding hydrogens is 264 g/mol. The van der Waals surface area contributed by atoms with E-state index in [0.29, 0.717) is 13.1 Å². The van der Waals surface area contributed by atoms with Gasteiger partial charge in [-0.1, -0.05) is 29.5 Å². The van der Waals surface area contributed by atoms with Gasteiger partial charge in [0, 0.05) is 29.6 Å². The molecule has 0 aliphatic rings. The highest BCUT2D eigenvalue weighted by Crippen LogP contribution is 2.24. The fraction of sp³-hybridized carbons (Fsp3) is 0.231. The average Bonchev–Trinajstić information content (AvgIpc) is 2.88. The molecule has 1 aromatic carbocycles. The fourth-order valence-corrected chi connectivity index (χ4v) is 2.52. The molecule has 0 saturated carbocycles. The predicted octanol–water partition coefficient (Wildman–Crippen LogP) is 2.95. The zero-order valence-corrected chi connectivity index (χ0v) is 11.3. The van der Waals surface area contributed by atoms with Gasteiger partial charge in [0.1, 0.15) is 5.75 Å². The van der Waals surface area contributed by atoms with Crippen molar-refractivity contribution < 1.29 is 9.66 Å². The number of methoxy groups -OCH3 is 1. The summed E-state index contributed by atoms with van der Waals surface area (Å²) >= 11 is 1.19. The van der Waals surface area contributed by atoms with Gasteiger partial charge in [0.15, 0.2) is 0 Å². The summed E-state index contributed by atoms with van der Waals surface area (Å²) in [6.07, 6.45) is 0. The van der Waals surface area contributed by atoms with Crippen molar-refractivity contribution in [2.45, 2.75) is 13.1 Å². The van der Waals surface area contributed by atoms with E-state index in [1.807, 2.05) is 24.3 Å². The normalized spacial score (nSPS) is 10.4. The number of hydrogen-bond donors (Lipinski definition) is 1. The Morgan fingerprint density at radius 1 is 1.26 bits per heavy atom. The Labute approximate surface area is 115 Å². The first-order valence-corrected chi connectivity index (χ1v) is 6.58. The third kappa shape index (κ3) is 3.52. The van der Waals surface area contributed by atoms with Crippen LogP contribution in [-0.4, -0.2) is 12.0 Å². The lowest BCUT2D eigenvalue weighted by Crippen LogP contribution is -2.12. The Morgan fingerprint density at radius 3 is 2.74 bits per heavy atom. The van der Waals surface area contributed by atoms with Crippen LogP contribution < -0.4 is 10.1 Å². The molecule has 0 aliphatic heterocycles. The van der Waals surface area contributed by atoms with Crippen LogP contribution in [0.4, 0.5) is 5.00 Å². The molecule has 0 fully saturated rings. The van der Waals surface area contributed by atoms with Crippen LogP contribution in [0.15, 0.2) is 36.4 Å². The Hall–Kier alpha value is -1.92. The number of nitrogens with zero attached hydrogens (tertiary/aromatic N) is 1. The van der Waals surface area contributed by atoms with E-state index in [1.165, 1.54) is 17.4 Å². The molecule has 2 aromatic rings. The minimum atomic E-state index is -0.367. The third-order valence-corrected chi connectivity index (χ3v) is 3.67. The summed E-state index contributed by atoms with van der Waals surface area (Å²) < 4.78 is 5.26. The zero-order chi connectivity index (χ0) is 13.7. The second-order valence-corrected chi connectivity index (χ2v) is 5.06. The molecule has 0 bridgehead atoms. The topological polar surface area (TPSA) is 64.4 Å². The van der Waals surface area contributed by atoms with Crippen molar-refractivity contribution in [3.05, 3.63) is 57.0 Å². The summed E-state index contributed by atoms with van der Waals surface area (Å²) in [4.78, 5) is 11.2. The first-order valence-electron chi connectivity index (χ1n) is 5.76. The van der Waals surface area contributed by atoms with Gasteiger partial charge in [0.25, 0.3) is 0 Å². The van der Waals surface area contributed by atoms with Gasteiger partial charge < -0.3 is 10.1 Å². The van der Waals surface area contributed by atoms with E-state index >= 15 is 0 Å². The number of rotatable bonds is 6. The van der Waals surface area contributed by atoms with Gasteiger partial charge >= 0.3 is 5.00 Å². The zero-order valence-electron chi connectivity index (χ0n) is 10.5. The van der Waals surface area contributed by atoms with E-state index in [4.69, 9.17) is 4.74 Å². The lowest BCUT2D eigenvalue weighted by molar-refractivity contribution is -0.380. The summed E-state index contributed by atoms with van der Waals surface area (Å²) in [5.41, 5.74) is 1.07. The van der Waals surface area contributed by atoms with Crippen molar-refractivity contribution in [2.24, 2.45) is 0 Å². The lowest BCUT2D eigenvalue weighted by atomic mass is 10.2. The Kier molecular flexibility index (Phi) is 4.48. The van der Waals surface area contributed by atoms with Crippen LogP contribution >= 0.6 is 11.3 Å². The number of nitrogens with one attached hydrogen (secondary N) is 1. The molecule has 0 atom stereocenters. The summed E-state index contributed by atoms with van der Waals surface area (Å²) in [6.45, 7) is 1.27. The highest BCUT2D eigenvalue weighted by molar-refractivity contribution is 7.15. The summed E-state index contributed by atoms with van der Waals surface area (Å²) in [5.74, 6) is 0.840. The Balaban J connectivity index is 1.90. The standard InChI is InChI=1S/C13H14N2O3S/c1-18-12-5-3-2-4-10(12)8-14-9-11-6-7-13(19-11)15(16)17/h2-7,14H,8-9H2,1H3. The molecule has 0 aliphatic carbocycles. The number of para-hydroxylation sites is 1. The van der Waals surface area contributed by atoms with Gasteiger partial charge in [0.05, 0.1) is 12.0 Å². The van der Waals surface area contributed by atoms with Crippen LogP contribution in [0, 0.1) is 10.1 Å². The highest BCUT2D eigenvalue weighted by Gasteiger charge is 2.09. The maximum Gasteiger partial charge on any atom is 0.324 e. The summed E-state index contributed by atoms with van der Waals surface area (Å²) in [5, 5.41) is 14.0. The molecule has 0 unspecified atom stereocenters. The van der Waals surface area contributed by atoms with Gasteiger partial charge in [-0.15, -0.1) is 0 Å². The lowest BCUT2D eigenvalue weighted by Gasteiger charge is -2.08. The predicted molar refractivity (Wildman–Crippen MR) is 74.5 cm³/mol. The van der Waals surface area contributed by atoms with E-state index in [9.17, 15) is 10.1 Å². The average molecular weight is 278 g/mol. The molecule has 5 nitrogen and oxygen atoms in total. The van der Waals surface area contributed by atoms with Crippen LogP contribution in [0.3, 0.4) is 0 Å². The molecular formula is C13H14N2O3S. The quantitative estimate of drug-likeness (QED) is 0.651. The largest absolute Gasteiger partial charge is 0.496 e. The van der Waals surface area contributed by atoms with E-state index in [2.05, 4.69) is 5.32 Å². The minimum absolute atomic E-state index is 0.175. The van der Waals surface area contributed by atoms with Gasteiger partial charge in [0.2, 0.25) is 0 Å². The molecule has 6 heteroatoms. The number of nitro groups is 1. The first-order chi connectivity index (χ1) is 9.20. The van der Waals surface area contributed by atoms with Gasteiger partial charge in [-0.3, -0.25) is 10.1 Å². The molecule has 0 spiro atoms. The summed E-state index contributed by atoms with van der Waals surface area (Å²) in [6, 6.07) is 11.1. The number of benzene rings is 1. The Bertz CT molecular complexity index is 569. The van der Waals surface area contributed by atoms with Gasteiger partial charge in [-0.2, -0.15) is 0 Å². The molecule has 100 valence electrons. The van der Waals surface area contributed by atoms with E-state index < -0.39 is 0 Å². The van der Waals surface area contributed by atoms with Gasteiger partial charge in [-0.25, -0.2) is 0 Å². The highest BCUT2D eigenvalue weighted by atomic mass is 32.1. The molecule has 0 saturated heterocycles. The third-order valence-electron chi connectivity index (χ3n) is 2.63. The number of ether oxygens (including phenoxy) is 1. The summed E-state index contributed by atoms with van der Waals surface area (Å²) in [7, 11) is 1.64. The molecule has 1 heterocycles. The van der Waals surface area contributed by atoms with Crippen molar-refractivity contribution in [1.82, 2.24) is 5.32 Å². The molecule has 1 N–H and O–H groups in total. The fourth-order valence-electron chi connectivity index (χ4n) is 1.73. The monoisotopic (exact) mass is 278 g/mol. The number of hydrogen-bond acceptors (Lipinski definition) is 5. The first kappa shape index (κ1) is 13.5. The maximum absolute atomic E-state index is 10.6. The SMILES string of the molecule is COc1ccccc1CNCc1ccc([N+](=O)[O-])s1. The molecule has 1 aromatic heterocycles. The van der Waals surface area contributed by atoms with E-state index in [1.54, 1.807) is 13.2 Å². The molecule has 2 rings (SSSR count). The smallest absolute Gasteiger partial charge is 0.324 e. The van der Waals surface area contributed by atoms with Crippen LogP contribution in [0.25, 0.3) is 0 Å². The van der Waals surface area contributed by atoms with E-state index in [0.717, 1.165) is 16.2 Å². The van der Waals surface area contributed by atoms with E-state index in [-0.39, 0.29) is 9.92 Å². The van der Waals surface area contributed by atoms with Crippen molar-refractivity contribution in [3.8, 4) is 5.75 Å². The van der Waals surface area contributed by atoms with Crippen molar-refractivity contribution in [2.75, 3.05) is 7.11 Å². The van der Waals surface area contributed by atoms with Crippen molar-refractivity contribution in [3.63, 3.8) is 0 Å². The molecule has 0 amide bonds. The second kappa shape index (κ2) is 6.31. The molecule has 0 radical (unpaired) electrons. The van der Waals surface area contributed by atoms with Crippen molar-refractivity contribution >= 4 is 16.3 Å².